The first kappa shape index (κ1) is 19.1. The maximum Gasteiger partial charge on any atom is 0.232 e. The van der Waals surface area contributed by atoms with Gasteiger partial charge in [0.05, 0.1) is 13.0 Å². The SMILES string of the molecule is COc1ccc(-c2noc(C3CC(=O)N(CC(C)c4ccccc4)C3)n2)cc1F. The van der Waals surface area contributed by atoms with Crippen LogP contribution in [0.15, 0.2) is 53.1 Å². The van der Waals surface area contributed by atoms with E-state index in [0.29, 0.717) is 36.8 Å². The van der Waals surface area contributed by atoms with E-state index in [4.69, 9.17) is 9.26 Å². The third-order valence-electron chi connectivity index (χ3n) is 5.28. The summed E-state index contributed by atoms with van der Waals surface area (Å²) in [6.45, 7) is 3.29. The predicted octanol–water partition coefficient (Wildman–Crippen LogP) is 4.00. The Morgan fingerprint density at radius 1 is 1.28 bits per heavy atom. The molecule has 3 aromatic rings. The van der Waals surface area contributed by atoms with E-state index in [-0.39, 0.29) is 23.5 Å². The molecule has 1 amide bonds. The highest BCUT2D eigenvalue weighted by atomic mass is 19.1. The maximum absolute atomic E-state index is 13.9. The fourth-order valence-electron chi connectivity index (χ4n) is 3.66. The molecular weight excluding hydrogens is 373 g/mol. The molecule has 1 aliphatic rings. The van der Waals surface area contributed by atoms with Crippen molar-refractivity contribution in [2.45, 2.75) is 25.2 Å². The molecule has 2 atom stereocenters. The quantitative estimate of drug-likeness (QED) is 0.631. The minimum absolute atomic E-state index is 0.0769. The summed E-state index contributed by atoms with van der Waals surface area (Å²) >= 11 is 0. The number of carbonyl (C=O) groups is 1. The summed E-state index contributed by atoms with van der Waals surface area (Å²) in [6, 6.07) is 14.6. The molecule has 1 saturated heterocycles. The van der Waals surface area contributed by atoms with E-state index in [2.05, 4.69) is 29.2 Å². The van der Waals surface area contributed by atoms with Crippen LogP contribution in [0.25, 0.3) is 11.4 Å². The van der Waals surface area contributed by atoms with Gasteiger partial charge in [-0.05, 0) is 29.7 Å². The Labute approximate surface area is 168 Å². The zero-order chi connectivity index (χ0) is 20.4. The molecule has 0 radical (unpaired) electrons. The number of benzene rings is 2. The van der Waals surface area contributed by atoms with Gasteiger partial charge < -0.3 is 14.2 Å². The van der Waals surface area contributed by atoms with Crippen LogP contribution >= 0.6 is 0 Å². The highest BCUT2D eigenvalue weighted by Gasteiger charge is 2.35. The minimum atomic E-state index is -0.492. The van der Waals surface area contributed by atoms with Crippen LogP contribution in [0, 0.1) is 5.82 Å². The van der Waals surface area contributed by atoms with E-state index in [1.165, 1.54) is 24.8 Å². The van der Waals surface area contributed by atoms with Crippen molar-refractivity contribution in [3.8, 4) is 17.1 Å². The molecule has 0 aliphatic carbocycles. The van der Waals surface area contributed by atoms with E-state index in [1.807, 2.05) is 23.1 Å². The van der Waals surface area contributed by atoms with Crippen molar-refractivity contribution in [3.63, 3.8) is 0 Å². The van der Waals surface area contributed by atoms with Gasteiger partial charge in [-0.15, -0.1) is 0 Å². The molecular formula is C22H22FN3O3. The number of carbonyl (C=O) groups excluding carboxylic acids is 1. The van der Waals surface area contributed by atoms with E-state index < -0.39 is 5.82 Å². The lowest BCUT2D eigenvalue weighted by molar-refractivity contribution is -0.127. The number of hydrogen-bond acceptors (Lipinski definition) is 5. The van der Waals surface area contributed by atoms with Gasteiger partial charge in [0.25, 0.3) is 0 Å². The summed E-state index contributed by atoms with van der Waals surface area (Å²) in [5.74, 6) is 0.516. The Hall–Kier alpha value is -3.22. The van der Waals surface area contributed by atoms with Crippen molar-refractivity contribution in [2.75, 3.05) is 20.2 Å². The largest absolute Gasteiger partial charge is 0.494 e. The fourth-order valence-corrected chi connectivity index (χ4v) is 3.66. The van der Waals surface area contributed by atoms with Crippen LogP contribution < -0.4 is 4.74 Å². The van der Waals surface area contributed by atoms with Crippen molar-refractivity contribution < 1.29 is 18.4 Å². The first-order chi connectivity index (χ1) is 14.0. The minimum Gasteiger partial charge on any atom is -0.494 e. The Bertz CT molecular complexity index is 1010. The molecule has 2 aromatic carbocycles. The second kappa shape index (κ2) is 8.03. The van der Waals surface area contributed by atoms with Crippen LogP contribution in [0.4, 0.5) is 4.39 Å². The van der Waals surface area contributed by atoms with Gasteiger partial charge in [0.15, 0.2) is 11.6 Å². The molecule has 150 valence electrons. The molecule has 29 heavy (non-hydrogen) atoms. The molecule has 7 heteroatoms. The van der Waals surface area contributed by atoms with Gasteiger partial charge in [0.2, 0.25) is 17.6 Å². The lowest BCUT2D eigenvalue weighted by atomic mass is 10.0. The summed E-state index contributed by atoms with van der Waals surface area (Å²) in [6.07, 6.45) is 0.333. The second-order valence-corrected chi connectivity index (χ2v) is 7.32. The van der Waals surface area contributed by atoms with E-state index in [9.17, 15) is 9.18 Å². The van der Waals surface area contributed by atoms with Gasteiger partial charge in [-0.25, -0.2) is 4.39 Å². The van der Waals surface area contributed by atoms with Crippen molar-refractivity contribution in [1.82, 2.24) is 15.0 Å². The van der Waals surface area contributed by atoms with Crippen LogP contribution in [-0.2, 0) is 4.79 Å². The Kier molecular flexibility index (Phi) is 5.29. The average molecular weight is 395 g/mol. The van der Waals surface area contributed by atoms with Crippen molar-refractivity contribution in [2.24, 2.45) is 0 Å². The number of ether oxygens (including phenoxy) is 1. The number of amides is 1. The zero-order valence-corrected chi connectivity index (χ0v) is 16.3. The van der Waals surface area contributed by atoms with Crippen LogP contribution in [-0.4, -0.2) is 41.1 Å². The Balaban J connectivity index is 1.45. The summed E-state index contributed by atoms with van der Waals surface area (Å²) in [4.78, 5) is 18.7. The summed E-state index contributed by atoms with van der Waals surface area (Å²) in [5.41, 5.74) is 1.70. The lowest BCUT2D eigenvalue weighted by Gasteiger charge is -2.21. The fraction of sp³-hybridized carbons (Fsp3) is 0.318. The van der Waals surface area contributed by atoms with Gasteiger partial charge in [0, 0.05) is 25.1 Å². The molecule has 2 heterocycles. The molecule has 6 nitrogen and oxygen atoms in total. The topological polar surface area (TPSA) is 68.5 Å². The number of halogens is 1. The van der Waals surface area contributed by atoms with Gasteiger partial charge in [-0.3, -0.25) is 4.79 Å². The van der Waals surface area contributed by atoms with Gasteiger partial charge >= 0.3 is 0 Å². The standard InChI is InChI=1S/C22H22FN3O3/c1-14(15-6-4-3-5-7-15)12-26-13-17(11-20(26)27)22-24-21(25-29-22)16-8-9-19(28-2)18(23)10-16/h3-10,14,17H,11-13H2,1-2H3. The smallest absolute Gasteiger partial charge is 0.232 e. The Morgan fingerprint density at radius 3 is 2.79 bits per heavy atom. The van der Waals surface area contributed by atoms with Crippen molar-refractivity contribution in [1.29, 1.82) is 0 Å². The zero-order valence-electron chi connectivity index (χ0n) is 16.3. The summed E-state index contributed by atoms with van der Waals surface area (Å²) in [7, 11) is 1.41. The number of nitrogens with zero attached hydrogens (tertiary/aromatic N) is 3. The van der Waals surface area contributed by atoms with E-state index >= 15 is 0 Å². The number of methoxy groups -OCH3 is 1. The molecule has 0 saturated carbocycles. The second-order valence-electron chi connectivity index (χ2n) is 7.32. The number of hydrogen-bond donors (Lipinski definition) is 0. The maximum atomic E-state index is 13.9. The summed E-state index contributed by atoms with van der Waals surface area (Å²) in [5, 5.41) is 3.96. The molecule has 0 bridgehead atoms. The molecule has 1 aliphatic heterocycles. The van der Waals surface area contributed by atoms with E-state index in [1.54, 1.807) is 6.07 Å². The average Bonchev–Trinajstić information content (AvgIpc) is 3.36. The predicted molar refractivity (Wildman–Crippen MR) is 105 cm³/mol. The van der Waals surface area contributed by atoms with Gasteiger partial charge in [-0.1, -0.05) is 42.4 Å². The Morgan fingerprint density at radius 2 is 2.07 bits per heavy atom. The van der Waals surface area contributed by atoms with Crippen LogP contribution in [0.2, 0.25) is 0 Å². The van der Waals surface area contributed by atoms with Crippen molar-refractivity contribution in [3.05, 3.63) is 65.8 Å². The van der Waals surface area contributed by atoms with Gasteiger partial charge in [0.1, 0.15) is 0 Å². The molecule has 0 spiro atoms. The molecule has 0 N–H and O–H groups in total. The van der Waals surface area contributed by atoms with Crippen LogP contribution in [0.3, 0.4) is 0 Å². The number of aromatic nitrogens is 2. The molecule has 1 fully saturated rings. The van der Waals surface area contributed by atoms with Gasteiger partial charge in [-0.2, -0.15) is 4.98 Å². The normalized spacial score (nSPS) is 17.6. The van der Waals surface area contributed by atoms with Crippen LogP contribution in [0.5, 0.6) is 5.75 Å². The van der Waals surface area contributed by atoms with Crippen LogP contribution in [0.1, 0.15) is 36.6 Å². The highest BCUT2D eigenvalue weighted by molar-refractivity contribution is 5.79. The highest BCUT2D eigenvalue weighted by Crippen LogP contribution is 2.31. The molecule has 4 rings (SSSR count). The third-order valence-corrected chi connectivity index (χ3v) is 5.28. The first-order valence-electron chi connectivity index (χ1n) is 9.55. The number of rotatable bonds is 6. The lowest BCUT2D eigenvalue weighted by Crippen LogP contribution is -2.29. The number of likely N-dealkylation sites (tertiary alicyclic amines) is 1. The monoisotopic (exact) mass is 395 g/mol. The molecule has 2 unspecified atom stereocenters. The molecule has 1 aromatic heterocycles. The summed E-state index contributed by atoms with van der Waals surface area (Å²) < 4.78 is 24.3. The van der Waals surface area contributed by atoms with Crippen molar-refractivity contribution >= 4 is 5.91 Å². The first-order valence-corrected chi connectivity index (χ1v) is 9.55. The third kappa shape index (κ3) is 3.99. The van der Waals surface area contributed by atoms with E-state index in [0.717, 1.165) is 0 Å².